The lowest BCUT2D eigenvalue weighted by Gasteiger charge is -2.25. The van der Waals surface area contributed by atoms with E-state index in [2.05, 4.69) is 19.1 Å². The molecule has 17 heavy (non-hydrogen) atoms. The minimum Gasteiger partial charge on any atom is -0.299 e. The molecule has 0 N–H and O–H groups in total. The Bertz CT molecular complexity index is 348. The molecule has 0 aromatic heterocycles. The lowest BCUT2D eigenvalue weighted by molar-refractivity contribution is -0.129. The molecule has 0 aromatic rings. The molecular weight excluding hydrogens is 232 g/mol. The molecule has 4 atom stereocenters. The van der Waals surface area contributed by atoms with Crippen molar-refractivity contribution in [3.8, 4) is 0 Å². The number of ketones is 1. The number of rotatable bonds is 5. The van der Waals surface area contributed by atoms with Gasteiger partial charge in [-0.1, -0.05) is 37.3 Å². The second-order valence-corrected chi connectivity index (χ2v) is 5.90. The number of hydrogen-bond acceptors (Lipinski definition) is 3. The zero-order valence-electron chi connectivity index (χ0n) is 10.5. The molecule has 0 spiro atoms. The van der Waals surface area contributed by atoms with Gasteiger partial charge in [0, 0.05) is 18.3 Å². The fourth-order valence-corrected chi connectivity index (χ4v) is 3.83. The van der Waals surface area contributed by atoms with Crippen molar-refractivity contribution in [1.82, 2.24) is 0 Å². The van der Waals surface area contributed by atoms with Gasteiger partial charge in [-0.15, -0.1) is 0 Å². The van der Waals surface area contributed by atoms with E-state index in [1.807, 2.05) is 6.26 Å². The number of hydrogen-bond donors (Lipinski definition) is 0. The predicted octanol–water partition coefficient (Wildman–Crippen LogP) is 3.07. The van der Waals surface area contributed by atoms with Crippen LogP contribution in [0.4, 0.5) is 0 Å². The van der Waals surface area contributed by atoms with Crippen molar-refractivity contribution >= 4 is 22.7 Å². The van der Waals surface area contributed by atoms with Gasteiger partial charge in [0.05, 0.1) is 0 Å². The highest BCUT2D eigenvalue weighted by molar-refractivity contribution is 8.13. The normalized spacial score (nSPS) is 34.2. The van der Waals surface area contributed by atoms with Crippen LogP contribution in [0, 0.1) is 23.7 Å². The lowest BCUT2D eigenvalue weighted by atomic mass is 9.80. The van der Waals surface area contributed by atoms with E-state index in [1.54, 1.807) is 0 Å². The molecular formula is C14H20O2S. The van der Waals surface area contributed by atoms with Crippen LogP contribution in [0.15, 0.2) is 12.2 Å². The minimum absolute atomic E-state index is 0.0171. The monoisotopic (exact) mass is 252 g/mol. The third-order valence-corrected chi connectivity index (χ3v) is 4.76. The summed E-state index contributed by atoms with van der Waals surface area (Å²) in [5.74, 6) is 0.929. The average Bonchev–Trinajstić information content (AvgIpc) is 2.94. The van der Waals surface area contributed by atoms with Crippen LogP contribution >= 0.6 is 11.8 Å². The largest absolute Gasteiger partial charge is 0.299 e. The molecule has 0 heterocycles. The molecule has 1 saturated carbocycles. The van der Waals surface area contributed by atoms with Crippen molar-refractivity contribution in [2.24, 2.45) is 23.7 Å². The number of Topliss-reactive ketones (excluding diaryl/α,β-unsaturated/α-hetero) is 1. The van der Waals surface area contributed by atoms with Gasteiger partial charge in [-0.25, -0.2) is 0 Å². The van der Waals surface area contributed by atoms with Crippen LogP contribution in [0.25, 0.3) is 0 Å². The fraction of sp³-hybridized carbons (Fsp3) is 0.714. The summed E-state index contributed by atoms with van der Waals surface area (Å²) in [6.45, 7) is 2.10. The maximum absolute atomic E-state index is 12.2. The van der Waals surface area contributed by atoms with Crippen LogP contribution in [0.3, 0.4) is 0 Å². The molecule has 2 aliphatic rings. The van der Waals surface area contributed by atoms with Gasteiger partial charge in [-0.3, -0.25) is 9.59 Å². The van der Waals surface area contributed by atoms with Crippen LogP contribution in [-0.4, -0.2) is 17.2 Å². The minimum atomic E-state index is -0.0376. The van der Waals surface area contributed by atoms with Gasteiger partial charge in [0.2, 0.25) is 0 Å². The molecule has 0 saturated heterocycles. The van der Waals surface area contributed by atoms with Gasteiger partial charge in [0.25, 0.3) is 0 Å². The Morgan fingerprint density at radius 2 is 1.88 bits per heavy atom. The maximum Gasteiger partial charge on any atom is 0.193 e. The number of carbonyl (C=O) groups excluding carboxylic acids is 2. The highest BCUT2D eigenvalue weighted by atomic mass is 32.2. The van der Waals surface area contributed by atoms with Crippen LogP contribution < -0.4 is 0 Å². The third-order valence-electron chi connectivity index (χ3n) is 4.08. The highest BCUT2D eigenvalue weighted by Crippen LogP contribution is 2.50. The van der Waals surface area contributed by atoms with Gasteiger partial charge < -0.3 is 0 Å². The lowest BCUT2D eigenvalue weighted by Crippen LogP contribution is -2.31. The molecule has 0 radical (unpaired) electrons. The molecule has 2 bridgehead atoms. The molecule has 2 rings (SSSR count). The first-order valence-corrected chi connectivity index (χ1v) is 7.70. The molecule has 3 heteroatoms. The molecule has 0 aliphatic heterocycles. The average molecular weight is 252 g/mol. The van der Waals surface area contributed by atoms with E-state index in [9.17, 15) is 9.59 Å². The summed E-state index contributed by atoms with van der Waals surface area (Å²) in [4.78, 5) is 24.2. The second kappa shape index (κ2) is 5.38. The first-order chi connectivity index (χ1) is 8.19. The zero-order chi connectivity index (χ0) is 12.4. The molecule has 2 aliphatic carbocycles. The third kappa shape index (κ3) is 2.35. The Morgan fingerprint density at radius 3 is 2.47 bits per heavy atom. The number of carbonyl (C=O) groups is 2. The summed E-state index contributed by atoms with van der Waals surface area (Å²) in [7, 11) is 0. The highest BCUT2D eigenvalue weighted by Gasteiger charge is 2.50. The second-order valence-electron chi connectivity index (χ2n) is 5.09. The van der Waals surface area contributed by atoms with Crippen molar-refractivity contribution in [1.29, 1.82) is 0 Å². The van der Waals surface area contributed by atoms with Gasteiger partial charge >= 0.3 is 0 Å². The molecule has 0 aromatic carbocycles. The van der Waals surface area contributed by atoms with E-state index in [0.717, 1.165) is 19.3 Å². The molecule has 1 fully saturated rings. The van der Waals surface area contributed by atoms with Crippen LogP contribution in [0.5, 0.6) is 0 Å². The van der Waals surface area contributed by atoms with Gasteiger partial charge in [0.1, 0.15) is 5.78 Å². The van der Waals surface area contributed by atoms with E-state index in [0.29, 0.717) is 24.0 Å². The first kappa shape index (κ1) is 12.9. The van der Waals surface area contributed by atoms with Gasteiger partial charge in [-0.05, 0) is 30.9 Å². The first-order valence-electron chi connectivity index (χ1n) is 6.48. The van der Waals surface area contributed by atoms with Crippen molar-refractivity contribution in [2.75, 3.05) is 6.26 Å². The standard InChI is InChI=1S/C14H20O2S/c1-3-4-5-11(15)12-9-6-7-10(8-9)13(12)14(16)17-2/h6-7,9-10,12-13H,3-5,8H2,1-2H3/t9-,10+,12-,13+/m0/s1. The molecule has 94 valence electrons. The van der Waals surface area contributed by atoms with Crippen LogP contribution in [0.2, 0.25) is 0 Å². The molecule has 0 unspecified atom stereocenters. The summed E-state index contributed by atoms with van der Waals surface area (Å²) in [5.41, 5.74) is 0. The predicted molar refractivity (Wildman–Crippen MR) is 70.8 cm³/mol. The number of unbranched alkanes of at least 4 members (excludes halogenated alkanes) is 1. The summed E-state index contributed by atoms with van der Waals surface area (Å²) in [5, 5.41) is 0.205. The van der Waals surface area contributed by atoms with E-state index >= 15 is 0 Å². The fourth-order valence-electron chi connectivity index (χ4n) is 3.24. The summed E-state index contributed by atoms with van der Waals surface area (Å²) < 4.78 is 0. The van der Waals surface area contributed by atoms with Gasteiger partial charge in [0.15, 0.2) is 5.12 Å². The Balaban J connectivity index is 2.11. The summed E-state index contributed by atoms with van der Waals surface area (Å²) >= 11 is 1.28. The Morgan fingerprint density at radius 1 is 1.24 bits per heavy atom. The van der Waals surface area contributed by atoms with E-state index in [4.69, 9.17) is 0 Å². The Kier molecular flexibility index (Phi) is 4.08. The van der Waals surface area contributed by atoms with Gasteiger partial charge in [-0.2, -0.15) is 0 Å². The van der Waals surface area contributed by atoms with E-state index in [1.165, 1.54) is 11.8 Å². The number of allylic oxidation sites excluding steroid dienone is 2. The number of thioether (sulfide) groups is 1. The Hall–Kier alpha value is -0.570. The zero-order valence-corrected chi connectivity index (χ0v) is 11.3. The molecule has 2 nitrogen and oxygen atoms in total. The van der Waals surface area contributed by atoms with E-state index in [-0.39, 0.29) is 17.0 Å². The van der Waals surface area contributed by atoms with Crippen molar-refractivity contribution in [3.63, 3.8) is 0 Å². The van der Waals surface area contributed by atoms with Crippen molar-refractivity contribution < 1.29 is 9.59 Å². The topological polar surface area (TPSA) is 34.1 Å². The van der Waals surface area contributed by atoms with Crippen molar-refractivity contribution in [3.05, 3.63) is 12.2 Å². The van der Waals surface area contributed by atoms with Crippen LogP contribution in [0.1, 0.15) is 32.6 Å². The quantitative estimate of drug-likeness (QED) is 0.705. The van der Waals surface area contributed by atoms with Crippen LogP contribution in [-0.2, 0) is 9.59 Å². The van der Waals surface area contributed by atoms with Crippen molar-refractivity contribution in [2.45, 2.75) is 32.6 Å². The SMILES string of the molecule is CCCCC(=O)[C@H]1[C@H](C(=O)SC)[C@@H]2C=C[C@H]1C2. The molecule has 0 amide bonds. The smallest absolute Gasteiger partial charge is 0.193 e. The van der Waals surface area contributed by atoms with E-state index < -0.39 is 0 Å². The maximum atomic E-state index is 12.2. The Labute approximate surface area is 107 Å². The summed E-state index contributed by atoms with van der Waals surface area (Å²) in [6.07, 6.45) is 9.79. The number of fused-ring (bicyclic) bond motifs is 2. The summed E-state index contributed by atoms with van der Waals surface area (Å²) in [6, 6.07) is 0.